The monoisotopic (exact) mass is 335 g/mol. The van der Waals surface area contributed by atoms with E-state index in [0.717, 1.165) is 22.1 Å². The Balaban J connectivity index is 1.63. The van der Waals surface area contributed by atoms with Gasteiger partial charge in [0, 0.05) is 0 Å². The number of benzene rings is 3. The molecular formula is C21H21NO3. The Labute approximate surface area is 147 Å². The van der Waals surface area contributed by atoms with Crippen LogP contribution < -0.4 is 14.8 Å². The van der Waals surface area contributed by atoms with Gasteiger partial charge in [-0.25, -0.2) is 0 Å². The smallest absolute Gasteiger partial charge is 0.255 e. The lowest BCUT2D eigenvalue weighted by Gasteiger charge is -2.12. The van der Waals surface area contributed by atoms with Crippen LogP contribution in [-0.2, 0) is 0 Å². The Morgan fingerprint density at radius 1 is 1.00 bits per heavy atom. The minimum Gasteiger partial charge on any atom is -0.496 e. The third-order valence-corrected chi connectivity index (χ3v) is 3.96. The normalized spacial score (nSPS) is 10.5. The fraction of sp³-hybridized carbons (Fsp3) is 0.190. The fourth-order valence-corrected chi connectivity index (χ4v) is 2.70. The number of amides is 1. The van der Waals surface area contributed by atoms with E-state index in [1.165, 1.54) is 0 Å². The number of methoxy groups -OCH3 is 1. The Morgan fingerprint density at radius 3 is 2.48 bits per heavy atom. The van der Waals surface area contributed by atoms with Gasteiger partial charge in [0.15, 0.2) is 0 Å². The standard InChI is InChI=1S/C21H21NO3/c1-15-6-5-9-18(12-15)25-11-10-22-21(23)19-13-16-7-3-4-8-17(16)14-20(19)24-2/h3-9,12-14H,10-11H2,1-2H3,(H,22,23). The Hall–Kier alpha value is -3.01. The minimum atomic E-state index is -0.171. The number of aryl methyl sites for hydroxylation is 1. The molecule has 1 N–H and O–H groups in total. The second-order valence-electron chi connectivity index (χ2n) is 5.82. The number of carbonyl (C=O) groups excluding carboxylic acids is 1. The highest BCUT2D eigenvalue weighted by Gasteiger charge is 2.13. The maximum Gasteiger partial charge on any atom is 0.255 e. The van der Waals surface area contributed by atoms with Crippen LogP contribution in [0.5, 0.6) is 11.5 Å². The average Bonchev–Trinajstić information content (AvgIpc) is 2.64. The molecule has 0 radical (unpaired) electrons. The van der Waals surface area contributed by atoms with Crippen LogP contribution in [0.3, 0.4) is 0 Å². The maximum absolute atomic E-state index is 12.5. The van der Waals surface area contributed by atoms with Gasteiger partial charge in [-0.15, -0.1) is 0 Å². The summed E-state index contributed by atoms with van der Waals surface area (Å²) in [5.41, 5.74) is 1.67. The zero-order chi connectivity index (χ0) is 17.6. The molecule has 3 aromatic carbocycles. The third-order valence-electron chi connectivity index (χ3n) is 3.96. The van der Waals surface area contributed by atoms with Gasteiger partial charge >= 0.3 is 0 Å². The van der Waals surface area contributed by atoms with Crippen molar-refractivity contribution in [3.05, 3.63) is 71.8 Å². The Bertz CT molecular complexity index is 889. The van der Waals surface area contributed by atoms with Crippen LogP contribution >= 0.6 is 0 Å². The van der Waals surface area contributed by atoms with E-state index in [4.69, 9.17) is 9.47 Å². The van der Waals surface area contributed by atoms with Crippen molar-refractivity contribution in [2.24, 2.45) is 0 Å². The summed E-state index contributed by atoms with van der Waals surface area (Å²) in [4.78, 5) is 12.5. The van der Waals surface area contributed by atoms with Gasteiger partial charge in [-0.05, 0) is 47.5 Å². The highest BCUT2D eigenvalue weighted by molar-refractivity contribution is 6.01. The largest absolute Gasteiger partial charge is 0.496 e. The van der Waals surface area contributed by atoms with Crippen LogP contribution in [0.4, 0.5) is 0 Å². The predicted octanol–water partition coefficient (Wildman–Crippen LogP) is 3.97. The van der Waals surface area contributed by atoms with Crippen molar-refractivity contribution in [2.45, 2.75) is 6.92 Å². The number of ether oxygens (including phenoxy) is 2. The average molecular weight is 335 g/mol. The quantitative estimate of drug-likeness (QED) is 0.694. The van der Waals surface area contributed by atoms with Crippen molar-refractivity contribution >= 4 is 16.7 Å². The van der Waals surface area contributed by atoms with Crippen LogP contribution in [-0.4, -0.2) is 26.2 Å². The molecule has 0 saturated heterocycles. The first kappa shape index (κ1) is 16.8. The van der Waals surface area contributed by atoms with E-state index in [1.54, 1.807) is 7.11 Å². The molecule has 1 amide bonds. The van der Waals surface area contributed by atoms with Gasteiger partial charge in [0.2, 0.25) is 0 Å². The van der Waals surface area contributed by atoms with Crippen molar-refractivity contribution in [3.8, 4) is 11.5 Å². The molecular weight excluding hydrogens is 314 g/mol. The molecule has 0 bridgehead atoms. The first-order valence-corrected chi connectivity index (χ1v) is 8.22. The van der Waals surface area contributed by atoms with Gasteiger partial charge in [-0.2, -0.15) is 0 Å². The van der Waals surface area contributed by atoms with Crippen molar-refractivity contribution in [1.29, 1.82) is 0 Å². The lowest BCUT2D eigenvalue weighted by Crippen LogP contribution is -2.28. The predicted molar refractivity (Wildman–Crippen MR) is 99.5 cm³/mol. The van der Waals surface area contributed by atoms with Crippen molar-refractivity contribution < 1.29 is 14.3 Å². The molecule has 128 valence electrons. The van der Waals surface area contributed by atoms with E-state index in [1.807, 2.05) is 67.6 Å². The highest BCUT2D eigenvalue weighted by Crippen LogP contribution is 2.25. The van der Waals surface area contributed by atoms with Gasteiger partial charge in [0.1, 0.15) is 18.1 Å². The second-order valence-corrected chi connectivity index (χ2v) is 5.82. The molecule has 0 spiro atoms. The minimum absolute atomic E-state index is 0.171. The lowest BCUT2D eigenvalue weighted by molar-refractivity contribution is 0.0944. The lowest BCUT2D eigenvalue weighted by atomic mass is 10.1. The van der Waals surface area contributed by atoms with E-state index in [-0.39, 0.29) is 5.91 Å². The molecule has 0 heterocycles. The summed E-state index contributed by atoms with van der Waals surface area (Å²) in [5.74, 6) is 1.20. The van der Waals surface area contributed by atoms with Crippen molar-refractivity contribution in [1.82, 2.24) is 5.32 Å². The molecule has 25 heavy (non-hydrogen) atoms. The third kappa shape index (κ3) is 4.10. The molecule has 0 atom stereocenters. The number of hydrogen-bond donors (Lipinski definition) is 1. The number of rotatable bonds is 6. The second kappa shape index (κ2) is 7.71. The van der Waals surface area contributed by atoms with Gasteiger partial charge < -0.3 is 14.8 Å². The topological polar surface area (TPSA) is 47.6 Å². The molecule has 0 aliphatic heterocycles. The number of nitrogens with one attached hydrogen (secondary N) is 1. The van der Waals surface area contributed by atoms with Crippen molar-refractivity contribution in [3.63, 3.8) is 0 Å². The first-order chi connectivity index (χ1) is 12.2. The zero-order valence-electron chi connectivity index (χ0n) is 14.4. The van der Waals surface area contributed by atoms with E-state index < -0.39 is 0 Å². The fourth-order valence-electron chi connectivity index (χ4n) is 2.70. The van der Waals surface area contributed by atoms with E-state index in [0.29, 0.717) is 24.5 Å². The van der Waals surface area contributed by atoms with E-state index in [9.17, 15) is 4.79 Å². The van der Waals surface area contributed by atoms with Gasteiger partial charge in [0.05, 0.1) is 19.2 Å². The summed E-state index contributed by atoms with van der Waals surface area (Å²) >= 11 is 0. The molecule has 3 rings (SSSR count). The summed E-state index contributed by atoms with van der Waals surface area (Å²) in [7, 11) is 1.57. The summed E-state index contributed by atoms with van der Waals surface area (Å²) in [6.07, 6.45) is 0. The molecule has 4 nitrogen and oxygen atoms in total. The van der Waals surface area contributed by atoms with Crippen LogP contribution in [0.15, 0.2) is 60.7 Å². The molecule has 0 aliphatic carbocycles. The Morgan fingerprint density at radius 2 is 1.76 bits per heavy atom. The molecule has 3 aromatic rings. The summed E-state index contributed by atoms with van der Waals surface area (Å²) < 4.78 is 11.0. The molecule has 0 saturated carbocycles. The van der Waals surface area contributed by atoms with E-state index in [2.05, 4.69) is 5.32 Å². The van der Waals surface area contributed by atoms with Crippen LogP contribution in [0, 0.1) is 6.92 Å². The summed E-state index contributed by atoms with van der Waals surface area (Å²) in [6, 6.07) is 19.5. The maximum atomic E-state index is 12.5. The number of hydrogen-bond acceptors (Lipinski definition) is 3. The number of carbonyl (C=O) groups is 1. The molecule has 4 heteroatoms. The van der Waals surface area contributed by atoms with E-state index >= 15 is 0 Å². The highest BCUT2D eigenvalue weighted by atomic mass is 16.5. The summed E-state index contributed by atoms with van der Waals surface area (Å²) in [6.45, 7) is 2.84. The van der Waals surface area contributed by atoms with Crippen LogP contribution in [0.25, 0.3) is 10.8 Å². The molecule has 0 aromatic heterocycles. The molecule has 0 fully saturated rings. The van der Waals surface area contributed by atoms with Crippen LogP contribution in [0.2, 0.25) is 0 Å². The van der Waals surface area contributed by atoms with Crippen molar-refractivity contribution in [2.75, 3.05) is 20.3 Å². The molecule has 0 aliphatic rings. The first-order valence-electron chi connectivity index (χ1n) is 8.22. The van der Waals surface area contributed by atoms with Gasteiger partial charge in [-0.3, -0.25) is 4.79 Å². The molecule has 0 unspecified atom stereocenters. The summed E-state index contributed by atoms with van der Waals surface area (Å²) in [5, 5.41) is 4.92. The zero-order valence-corrected chi connectivity index (χ0v) is 14.4. The SMILES string of the molecule is COc1cc2ccccc2cc1C(=O)NCCOc1cccc(C)c1. The Kier molecular flexibility index (Phi) is 5.19. The van der Waals surface area contributed by atoms with Crippen LogP contribution in [0.1, 0.15) is 15.9 Å². The number of fused-ring (bicyclic) bond motifs is 1. The van der Waals surface area contributed by atoms with Gasteiger partial charge in [0.25, 0.3) is 5.91 Å². The van der Waals surface area contributed by atoms with Gasteiger partial charge in [-0.1, -0.05) is 36.4 Å².